The van der Waals surface area contributed by atoms with Gasteiger partial charge in [-0.25, -0.2) is 4.39 Å². The van der Waals surface area contributed by atoms with E-state index in [2.05, 4.69) is 0 Å². The van der Waals surface area contributed by atoms with Gasteiger partial charge in [0.1, 0.15) is 29.9 Å². The second-order valence-electron chi connectivity index (χ2n) is 7.97. The van der Waals surface area contributed by atoms with Gasteiger partial charge in [-0.05, 0) is 72.8 Å². The van der Waals surface area contributed by atoms with Gasteiger partial charge in [-0.15, -0.1) is 0 Å². The first-order valence-electron chi connectivity index (χ1n) is 10.7. The summed E-state index contributed by atoms with van der Waals surface area (Å²) in [6.07, 6.45) is -14.0. The summed E-state index contributed by atoms with van der Waals surface area (Å²) < 4.78 is 137. The van der Waals surface area contributed by atoms with Crippen molar-refractivity contribution in [2.75, 3.05) is 26.1 Å². The van der Waals surface area contributed by atoms with Gasteiger partial charge in [0.25, 0.3) is 0 Å². The van der Waals surface area contributed by atoms with Crippen LogP contribution in [0.4, 0.5) is 43.9 Å². The molecule has 12 heteroatoms. The van der Waals surface area contributed by atoms with E-state index in [0.29, 0.717) is 0 Å². The van der Waals surface area contributed by atoms with E-state index in [4.69, 9.17) is 4.74 Å². The van der Waals surface area contributed by atoms with Crippen LogP contribution in [0.25, 0.3) is 0 Å². The molecule has 3 rings (SSSR count). The summed E-state index contributed by atoms with van der Waals surface area (Å²) >= 11 is 0. The fourth-order valence-corrected chi connectivity index (χ4v) is 7.95. The third kappa shape index (κ3) is 6.62. The van der Waals surface area contributed by atoms with Gasteiger partial charge in [-0.2, -0.15) is 39.5 Å². The molecule has 0 fully saturated rings. The second kappa shape index (κ2) is 11.0. The molecule has 0 aromatic heterocycles. The molecule has 1 nitrogen and oxygen atoms in total. The number of rotatable bonds is 8. The predicted octanol–water partition coefficient (Wildman–Crippen LogP) is 7.02. The Morgan fingerprint density at radius 1 is 0.486 bits per heavy atom. The van der Waals surface area contributed by atoms with Gasteiger partial charge in [0.05, 0.1) is 36.1 Å². The van der Waals surface area contributed by atoms with Crippen molar-refractivity contribution in [3.8, 4) is 0 Å². The maximum absolute atomic E-state index is 13.2. The minimum absolute atomic E-state index is 0.00487. The van der Waals surface area contributed by atoms with E-state index in [1.54, 1.807) is 0 Å². The zero-order valence-electron chi connectivity index (χ0n) is 18.9. The molecule has 0 saturated carbocycles. The van der Waals surface area contributed by atoms with Gasteiger partial charge in [0, 0.05) is 0 Å². The largest absolute Gasteiger partial charge is 0.416 e. The van der Waals surface area contributed by atoms with E-state index in [9.17, 15) is 43.9 Å². The molecule has 3 aromatic rings. The highest BCUT2D eigenvalue weighted by atomic mass is 31.2. The Bertz CT molecular complexity index is 1010. The molecule has 0 unspecified atom stereocenters. The topological polar surface area (TPSA) is 9.23 Å². The van der Waals surface area contributed by atoms with E-state index < -0.39 is 49.2 Å². The summed E-state index contributed by atoms with van der Waals surface area (Å²) in [6.45, 7) is -1.26. The van der Waals surface area contributed by atoms with Crippen LogP contribution in [0.1, 0.15) is 16.7 Å². The van der Waals surface area contributed by atoms with Crippen molar-refractivity contribution in [1.82, 2.24) is 0 Å². The van der Waals surface area contributed by atoms with Crippen molar-refractivity contribution >= 4 is 23.2 Å². The summed E-state index contributed by atoms with van der Waals surface area (Å²) in [5, 5.41) is 0.844. The van der Waals surface area contributed by atoms with Crippen LogP contribution in [-0.2, 0) is 23.3 Å². The lowest BCUT2D eigenvalue weighted by molar-refractivity contribution is -0.138. The Balaban J connectivity index is 2.25. The maximum Gasteiger partial charge on any atom is 0.416 e. The first-order valence-corrected chi connectivity index (χ1v) is 12.7. The highest BCUT2D eigenvalue weighted by molar-refractivity contribution is 7.95. The molecule has 0 heterocycles. The van der Waals surface area contributed by atoms with Gasteiger partial charge < -0.3 is 4.74 Å². The minimum Gasteiger partial charge on any atom is -0.375 e. The Kier molecular flexibility index (Phi) is 8.59. The van der Waals surface area contributed by atoms with Gasteiger partial charge in [-0.3, -0.25) is 0 Å². The molecule has 0 aliphatic heterocycles. The lowest BCUT2D eigenvalue weighted by Crippen LogP contribution is -2.35. The maximum atomic E-state index is 13.2. The zero-order chi connectivity index (χ0) is 27.5. The lowest BCUT2D eigenvalue weighted by atomic mass is 10.2. The molecule has 0 saturated heterocycles. The Morgan fingerprint density at radius 3 is 1.03 bits per heavy atom. The summed E-state index contributed by atoms with van der Waals surface area (Å²) in [5.74, 6) is 0. The second-order valence-corrected chi connectivity index (χ2v) is 11.6. The number of ether oxygens (including phenoxy) is 1. The number of alkyl halides is 10. The first kappa shape index (κ1) is 28.9. The van der Waals surface area contributed by atoms with Crippen LogP contribution in [0.3, 0.4) is 0 Å². The molecule has 0 aliphatic rings. The molecule has 0 amide bonds. The third-order valence-electron chi connectivity index (χ3n) is 5.70. The molecular weight excluding hydrogens is 537 g/mol. The van der Waals surface area contributed by atoms with E-state index in [1.165, 1.54) is 36.4 Å². The fraction of sp³-hybridized carbons (Fsp3) is 0.280. The smallest absolute Gasteiger partial charge is 0.375 e. The Hall–Kier alpha value is -2.65. The van der Waals surface area contributed by atoms with E-state index in [1.807, 2.05) is 0 Å². The standard InChI is InChI=1S/C25H20F10OP/c26-13-14-36-15-16-37(20-7-1-17(2-8-20)23(27,28)29,21-9-3-18(4-10-21)24(30,31)32)22-11-5-19(6-12-22)25(33,34)35/h1-12H,13-16H2/q+1. The molecule has 37 heavy (non-hydrogen) atoms. The van der Waals surface area contributed by atoms with Crippen molar-refractivity contribution in [3.05, 3.63) is 89.5 Å². The molecule has 0 radical (unpaired) electrons. The number of hydrogen-bond donors (Lipinski definition) is 0. The van der Waals surface area contributed by atoms with Crippen LogP contribution in [0.5, 0.6) is 0 Å². The Labute approximate surface area is 206 Å². The van der Waals surface area contributed by atoms with Crippen molar-refractivity contribution in [3.63, 3.8) is 0 Å². The quantitative estimate of drug-likeness (QED) is 0.164. The van der Waals surface area contributed by atoms with Crippen LogP contribution in [-0.4, -0.2) is 26.1 Å². The summed E-state index contributed by atoms with van der Waals surface area (Å²) in [4.78, 5) is 0. The van der Waals surface area contributed by atoms with Crippen molar-refractivity contribution in [2.24, 2.45) is 0 Å². The molecule has 0 N–H and O–H groups in total. The molecule has 3 aromatic carbocycles. The molecule has 0 bridgehead atoms. The van der Waals surface area contributed by atoms with Gasteiger partial charge in [0.2, 0.25) is 0 Å². The number of halogens is 10. The predicted molar refractivity (Wildman–Crippen MR) is 122 cm³/mol. The van der Waals surface area contributed by atoms with Crippen molar-refractivity contribution in [2.45, 2.75) is 18.5 Å². The van der Waals surface area contributed by atoms with Crippen molar-refractivity contribution in [1.29, 1.82) is 0 Å². The normalized spacial score (nSPS) is 13.1. The van der Waals surface area contributed by atoms with Crippen LogP contribution in [0.15, 0.2) is 72.8 Å². The van der Waals surface area contributed by atoms with E-state index in [0.717, 1.165) is 36.4 Å². The number of hydrogen-bond acceptors (Lipinski definition) is 1. The fourth-order valence-electron chi connectivity index (χ4n) is 3.91. The summed E-state index contributed by atoms with van der Waals surface area (Å²) in [7, 11) is -3.16. The van der Waals surface area contributed by atoms with E-state index >= 15 is 0 Å². The lowest BCUT2D eigenvalue weighted by Gasteiger charge is -2.28. The molecule has 0 aliphatic carbocycles. The molecule has 0 spiro atoms. The van der Waals surface area contributed by atoms with Crippen LogP contribution < -0.4 is 15.9 Å². The van der Waals surface area contributed by atoms with Gasteiger partial charge in [0.15, 0.2) is 0 Å². The van der Waals surface area contributed by atoms with Crippen LogP contribution in [0, 0.1) is 0 Å². The number of benzene rings is 3. The van der Waals surface area contributed by atoms with E-state index in [-0.39, 0.29) is 35.3 Å². The third-order valence-corrected chi connectivity index (χ3v) is 10.1. The van der Waals surface area contributed by atoms with Gasteiger partial charge >= 0.3 is 18.5 Å². The molecule has 200 valence electrons. The molecular formula is C25H20F10OP+. The zero-order valence-corrected chi connectivity index (χ0v) is 19.8. The highest BCUT2D eigenvalue weighted by Crippen LogP contribution is 2.55. The summed E-state index contributed by atoms with van der Waals surface area (Å²) in [5.41, 5.74) is -2.91. The SMILES string of the molecule is FCCOCC[P+](c1ccc(C(F)(F)F)cc1)(c1ccc(C(F)(F)F)cc1)c1ccc(C(F)(F)F)cc1. The average molecular weight is 557 g/mol. The van der Waals surface area contributed by atoms with Gasteiger partial charge in [-0.1, -0.05) is 0 Å². The summed E-state index contributed by atoms with van der Waals surface area (Å²) in [6, 6.07) is 11.8. The average Bonchev–Trinajstić information content (AvgIpc) is 2.83. The van der Waals surface area contributed by atoms with Crippen LogP contribution in [0.2, 0.25) is 0 Å². The Morgan fingerprint density at radius 2 is 0.784 bits per heavy atom. The molecule has 0 atom stereocenters. The van der Waals surface area contributed by atoms with Crippen LogP contribution >= 0.6 is 7.26 Å². The van der Waals surface area contributed by atoms with Crippen molar-refractivity contribution < 1.29 is 48.6 Å². The minimum atomic E-state index is -4.66. The first-order chi connectivity index (χ1) is 17.2. The highest BCUT2D eigenvalue weighted by Gasteiger charge is 2.47. The monoisotopic (exact) mass is 557 g/mol.